The van der Waals surface area contributed by atoms with Gasteiger partial charge in [0, 0.05) is 23.7 Å². The predicted molar refractivity (Wildman–Crippen MR) is 97.6 cm³/mol. The molecule has 0 saturated heterocycles. The molecule has 130 valence electrons. The zero-order valence-electron chi connectivity index (χ0n) is 14.0. The van der Waals surface area contributed by atoms with Crippen molar-refractivity contribution in [2.45, 2.75) is 25.7 Å². The van der Waals surface area contributed by atoms with E-state index in [1.807, 2.05) is 30.3 Å². The zero-order valence-corrected chi connectivity index (χ0v) is 14.0. The molecule has 1 aliphatic rings. The summed E-state index contributed by atoms with van der Waals surface area (Å²) >= 11 is 0. The van der Waals surface area contributed by atoms with Crippen LogP contribution in [0.2, 0.25) is 0 Å². The molecule has 0 radical (unpaired) electrons. The van der Waals surface area contributed by atoms with E-state index >= 15 is 0 Å². The van der Waals surface area contributed by atoms with Gasteiger partial charge in [0.2, 0.25) is 11.8 Å². The summed E-state index contributed by atoms with van der Waals surface area (Å²) in [6.07, 6.45) is 3.01. The van der Waals surface area contributed by atoms with Gasteiger partial charge in [-0.2, -0.15) is 0 Å². The molecule has 0 atom stereocenters. The fraction of sp³-hybridized carbons (Fsp3) is 0.300. The lowest BCUT2D eigenvalue weighted by molar-refractivity contribution is -0.117. The van der Waals surface area contributed by atoms with Crippen LogP contribution in [0.3, 0.4) is 0 Å². The molecule has 1 saturated carbocycles. The molecule has 2 aromatic rings. The van der Waals surface area contributed by atoms with Gasteiger partial charge in [-0.05, 0) is 55.7 Å². The Hall–Kier alpha value is -2.82. The molecule has 0 spiro atoms. The summed E-state index contributed by atoms with van der Waals surface area (Å²) in [7, 11) is 0. The molecule has 1 fully saturated rings. The fourth-order valence-electron chi connectivity index (χ4n) is 2.39. The van der Waals surface area contributed by atoms with E-state index in [0.29, 0.717) is 19.4 Å². The largest absolute Gasteiger partial charge is 0.494 e. The van der Waals surface area contributed by atoms with Gasteiger partial charge in [-0.25, -0.2) is 0 Å². The number of rotatable bonds is 8. The maximum atomic E-state index is 11.9. The smallest absolute Gasteiger partial charge is 0.227 e. The second-order valence-corrected chi connectivity index (χ2v) is 6.15. The minimum Gasteiger partial charge on any atom is -0.494 e. The van der Waals surface area contributed by atoms with Crippen LogP contribution in [0.15, 0.2) is 54.6 Å². The fourth-order valence-corrected chi connectivity index (χ4v) is 2.39. The van der Waals surface area contributed by atoms with Crippen molar-refractivity contribution < 1.29 is 14.3 Å². The van der Waals surface area contributed by atoms with E-state index in [1.54, 1.807) is 24.3 Å². The third-order valence-corrected chi connectivity index (χ3v) is 3.94. The van der Waals surface area contributed by atoms with Crippen LogP contribution in [0.25, 0.3) is 0 Å². The quantitative estimate of drug-likeness (QED) is 0.719. The first kappa shape index (κ1) is 17.0. The van der Waals surface area contributed by atoms with Crippen molar-refractivity contribution >= 4 is 23.2 Å². The van der Waals surface area contributed by atoms with Crippen LogP contribution in [0.4, 0.5) is 11.4 Å². The molecule has 5 heteroatoms. The average Bonchev–Trinajstić information content (AvgIpc) is 3.47. The Balaban J connectivity index is 1.36. The monoisotopic (exact) mass is 338 g/mol. The molecule has 0 aliphatic heterocycles. The standard InChI is InChI=1S/C20H22N2O3/c23-19(7-4-14-25-18-5-2-1-3-6-18)21-16-10-12-17(13-11-16)22-20(24)15-8-9-15/h1-3,5-6,10-13,15H,4,7-9,14H2,(H,21,23)(H,22,24). The summed E-state index contributed by atoms with van der Waals surface area (Å²) in [6.45, 7) is 0.504. The van der Waals surface area contributed by atoms with Crippen molar-refractivity contribution in [3.05, 3.63) is 54.6 Å². The highest BCUT2D eigenvalue weighted by molar-refractivity contribution is 5.95. The van der Waals surface area contributed by atoms with Crippen molar-refractivity contribution in [3.63, 3.8) is 0 Å². The second-order valence-electron chi connectivity index (χ2n) is 6.15. The summed E-state index contributed by atoms with van der Waals surface area (Å²) in [5.74, 6) is 1.02. The summed E-state index contributed by atoms with van der Waals surface area (Å²) < 4.78 is 5.56. The topological polar surface area (TPSA) is 67.4 Å². The molecule has 0 bridgehead atoms. The minimum absolute atomic E-state index is 0.0496. The molecule has 2 aromatic carbocycles. The number of benzene rings is 2. The number of amides is 2. The van der Waals surface area contributed by atoms with Crippen LogP contribution in [0.1, 0.15) is 25.7 Å². The highest BCUT2D eigenvalue weighted by Gasteiger charge is 2.29. The van der Waals surface area contributed by atoms with Gasteiger partial charge in [-0.15, -0.1) is 0 Å². The van der Waals surface area contributed by atoms with Crippen molar-refractivity contribution in [2.75, 3.05) is 17.2 Å². The van der Waals surface area contributed by atoms with Crippen molar-refractivity contribution in [3.8, 4) is 5.75 Å². The van der Waals surface area contributed by atoms with Gasteiger partial charge >= 0.3 is 0 Å². The van der Waals surface area contributed by atoms with Gasteiger partial charge < -0.3 is 15.4 Å². The van der Waals surface area contributed by atoms with Crippen molar-refractivity contribution in [1.29, 1.82) is 0 Å². The molecule has 0 aromatic heterocycles. The van der Waals surface area contributed by atoms with Gasteiger partial charge in [0.1, 0.15) is 5.75 Å². The molecule has 0 heterocycles. The molecule has 1 aliphatic carbocycles. The second kappa shape index (κ2) is 8.33. The third-order valence-electron chi connectivity index (χ3n) is 3.94. The highest BCUT2D eigenvalue weighted by Crippen LogP contribution is 2.30. The van der Waals surface area contributed by atoms with E-state index in [1.165, 1.54) is 0 Å². The number of ether oxygens (including phenoxy) is 1. The summed E-state index contributed by atoms with van der Waals surface area (Å²) in [5, 5.41) is 5.72. The van der Waals surface area contributed by atoms with Gasteiger partial charge in [0.25, 0.3) is 0 Å². The van der Waals surface area contributed by atoms with Crippen LogP contribution in [0.5, 0.6) is 5.75 Å². The lowest BCUT2D eigenvalue weighted by atomic mass is 10.2. The molecular weight excluding hydrogens is 316 g/mol. The molecular formula is C20H22N2O3. The van der Waals surface area contributed by atoms with Crippen LogP contribution in [-0.2, 0) is 9.59 Å². The molecule has 3 rings (SSSR count). The SMILES string of the molecule is O=C(CCCOc1ccccc1)Nc1ccc(NC(=O)C2CC2)cc1. The molecule has 2 N–H and O–H groups in total. The number of nitrogens with one attached hydrogen (secondary N) is 2. The first-order valence-corrected chi connectivity index (χ1v) is 8.59. The summed E-state index contributed by atoms with van der Waals surface area (Å²) in [6, 6.07) is 16.7. The third kappa shape index (κ3) is 5.64. The van der Waals surface area contributed by atoms with Crippen LogP contribution >= 0.6 is 0 Å². The Morgan fingerprint density at radius 2 is 1.56 bits per heavy atom. The number of carbonyl (C=O) groups excluding carboxylic acids is 2. The van der Waals surface area contributed by atoms with E-state index in [4.69, 9.17) is 4.74 Å². The Labute approximate surface area is 147 Å². The molecule has 5 nitrogen and oxygen atoms in total. The van der Waals surface area contributed by atoms with Crippen LogP contribution in [-0.4, -0.2) is 18.4 Å². The lowest BCUT2D eigenvalue weighted by Gasteiger charge is -2.08. The lowest BCUT2D eigenvalue weighted by Crippen LogP contribution is -2.14. The Bertz CT molecular complexity index is 709. The van der Waals surface area contributed by atoms with Gasteiger partial charge in [-0.1, -0.05) is 18.2 Å². The van der Waals surface area contributed by atoms with E-state index in [0.717, 1.165) is 30.0 Å². The first-order chi connectivity index (χ1) is 12.2. The summed E-state index contributed by atoms with van der Waals surface area (Å²) in [4.78, 5) is 23.6. The minimum atomic E-state index is -0.0496. The highest BCUT2D eigenvalue weighted by atomic mass is 16.5. The number of carbonyl (C=O) groups is 2. The van der Waals surface area contributed by atoms with Crippen molar-refractivity contribution in [2.24, 2.45) is 5.92 Å². The van der Waals surface area contributed by atoms with Gasteiger partial charge in [0.15, 0.2) is 0 Å². The van der Waals surface area contributed by atoms with Gasteiger partial charge in [0.05, 0.1) is 6.61 Å². The predicted octanol–water partition coefficient (Wildman–Crippen LogP) is 3.83. The van der Waals surface area contributed by atoms with E-state index < -0.39 is 0 Å². The first-order valence-electron chi connectivity index (χ1n) is 8.59. The van der Waals surface area contributed by atoms with Gasteiger partial charge in [-0.3, -0.25) is 9.59 Å². The Kier molecular flexibility index (Phi) is 5.67. The van der Waals surface area contributed by atoms with Crippen LogP contribution in [0, 0.1) is 5.92 Å². The van der Waals surface area contributed by atoms with E-state index in [9.17, 15) is 9.59 Å². The van der Waals surface area contributed by atoms with E-state index in [-0.39, 0.29) is 17.7 Å². The maximum absolute atomic E-state index is 11.9. The Morgan fingerprint density at radius 1 is 0.920 bits per heavy atom. The summed E-state index contributed by atoms with van der Waals surface area (Å²) in [5.41, 5.74) is 1.48. The molecule has 2 amide bonds. The number of hydrogen-bond acceptors (Lipinski definition) is 3. The van der Waals surface area contributed by atoms with E-state index in [2.05, 4.69) is 10.6 Å². The Morgan fingerprint density at radius 3 is 2.20 bits per heavy atom. The zero-order chi connectivity index (χ0) is 17.5. The molecule has 0 unspecified atom stereocenters. The normalized spacial score (nSPS) is 13.1. The number of anilines is 2. The number of hydrogen-bond donors (Lipinski definition) is 2. The number of para-hydroxylation sites is 1. The van der Waals surface area contributed by atoms with Crippen molar-refractivity contribution in [1.82, 2.24) is 0 Å². The maximum Gasteiger partial charge on any atom is 0.227 e. The van der Waals surface area contributed by atoms with Crippen LogP contribution < -0.4 is 15.4 Å². The average molecular weight is 338 g/mol. The molecule has 25 heavy (non-hydrogen) atoms.